The van der Waals surface area contributed by atoms with Gasteiger partial charge in [0, 0.05) is 29.9 Å². The first-order valence-electron chi connectivity index (χ1n) is 7.98. The van der Waals surface area contributed by atoms with Gasteiger partial charge in [-0.05, 0) is 26.8 Å². The maximum Gasteiger partial charge on any atom is 0.356 e. The van der Waals surface area contributed by atoms with Crippen molar-refractivity contribution in [3.05, 3.63) is 35.2 Å². The van der Waals surface area contributed by atoms with Crippen LogP contribution in [0.4, 0.5) is 5.13 Å². The second-order valence-electron chi connectivity index (χ2n) is 5.67. The van der Waals surface area contributed by atoms with Gasteiger partial charge < -0.3 is 10.4 Å². The molecule has 9 nitrogen and oxygen atoms in total. The third kappa shape index (κ3) is 3.49. The highest BCUT2D eigenvalue weighted by Crippen LogP contribution is 2.27. The molecule has 10 heteroatoms. The molecule has 0 radical (unpaired) electrons. The SMILES string of the molecule is CCn1cc(-c2csc(NC(=O)C(C)n3ccc(C(=O)O)n3)n2)c(C)n1. The van der Waals surface area contributed by atoms with Crippen LogP contribution in [0.15, 0.2) is 23.8 Å². The number of aryl methyl sites for hydroxylation is 2. The van der Waals surface area contributed by atoms with Gasteiger partial charge in [-0.15, -0.1) is 11.3 Å². The van der Waals surface area contributed by atoms with E-state index < -0.39 is 12.0 Å². The molecule has 26 heavy (non-hydrogen) atoms. The number of amides is 1. The van der Waals surface area contributed by atoms with E-state index in [0.717, 1.165) is 23.5 Å². The number of hydrogen-bond donors (Lipinski definition) is 2. The number of aromatic carboxylic acids is 1. The normalized spacial score (nSPS) is 12.1. The zero-order valence-electron chi connectivity index (χ0n) is 14.5. The Hall–Kier alpha value is -3.01. The van der Waals surface area contributed by atoms with E-state index in [1.54, 1.807) is 6.92 Å². The Bertz CT molecular complexity index is 957. The molecule has 0 spiro atoms. The van der Waals surface area contributed by atoms with Gasteiger partial charge in [-0.25, -0.2) is 9.78 Å². The second kappa shape index (κ2) is 7.08. The quantitative estimate of drug-likeness (QED) is 0.685. The molecule has 0 aromatic carbocycles. The maximum absolute atomic E-state index is 12.4. The van der Waals surface area contributed by atoms with Crippen LogP contribution in [0.25, 0.3) is 11.3 Å². The molecule has 0 fully saturated rings. The summed E-state index contributed by atoms with van der Waals surface area (Å²) in [5, 5.41) is 22.3. The molecule has 2 N–H and O–H groups in total. The van der Waals surface area contributed by atoms with Crippen LogP contribution >= 0.6 is 11.3 Å². The fraction of sp³-hybridized carbons (Fsp3) is 0.312. The summed E-state index contributed by atoms with van der Waals surface area (Å²) in [5.74, 6) is -1.46. The summed E-state index contributed by atoms with van der Waals surface area (Å²) in [6.45, 7) is 6.33. The fourth-order valence-corrected chi connectivity index (χ4v) is 3.10. The molecule has 3 aromatic rings. The highest BCUT2D eigenvalue weighted by atomic mass is 32.1. The summed E-state index contributed by atoms with van der Waals surface area (Å²) < 4.78 is 3.14. The van der Waals surface area contributed by atoms with Gasteiger partial charge in [-0.1, -0.05) is 0 Å². The average molecular weight is 374 g/mol. The number of carbonyl (C=O) groups is 2. The summed E-state index contributed by atoms with van der Waals surface area (Å²) >= 11 is 1.32. The molecule has 0 aliphatic heterocycles. The van der Waals surface area contributed by atoms with Crippen molar-refractivity contribution in [3.8, 4) is 11.3 Å². The lowest BCUT2D eigenvalue weighted by molar-refractivity contribution is -0.119. The number of carboxylic acids is 1. The van der Waals surface area contributed by atoms with Crippen LogP contribution in [-0.2, 0) is 11.3 Å². The van der Waals surface area contributed by atoms with Gasteiger partial charge in [-0.2, -0.15) is 10.2 Å². The van der Waals surface area contributed by atoms with Gasteiger partial charge in [0.2, 0.25) is 0 Å². The van der Waals surface area contributed by atoms with E-state index in [4.69, 9.17) is 5.11 Å². The highest BCUT2D eigenvalue weighted by molar-refractivity contribution is 7.14. The predicted molar refractivity (Wildman–Crippen MR) is 96.3 cm³/mol. The molecular formula is C16H18N6O3S. The lowest BCUT2D eigenvalue weighted by Gasteiger charge is -2.10. The molecule has 0 saturated heterocycles. The number of hydrogen-bond acceptors (Lipinski definition) is 6. The van der Waals surface area contributed by atoms with Crippen molar-refractivity contribution < 1.29 is 14.7 Å². The summed E-state index contributed by atoms with van der Waals surface area (Å²) in [5.41, 5.74) is 2.45. The minimum atomic E-state index is -1.14. The van der Waals surface area contributed by atoms with Gasteiger partial charge >= 0.3 is 5.97 Å². The van der Waals surface area contributed by atoms with Crippen LogP contribution in [0.1, 0.15) is 36.1 Å². The van der Waals surface area contributed by atoms with E-state index in [-0.39, 0.29) is 11.6 Å². The van der Waals surface area contributed by atoms with Crippen LogP contribution in [-0.4, -0.2) is 41.5 Å². The summed E-state index contributed by atoms with van der Waals surface area (Å²) in [6, 6.07) is 0.682. The van der Waals surface area contributed by atoms with Crippen molar-refractivity contribution in [2.45, 2.75) is 33.4 Å². The maximum atomic E-state index is 12.4. The van der Waals surface area contributed by atoms with E-state index >= 15 is 0 Å². The zero-order valence-corrected chi connectivity index (χ0v) is 15.3. The van der Waals surface area contributed by atoms with Crippen molar-refractivity contribution in [1.82, 2.24) is 24.5 Å². The lowest BCUT2D eigenvalue weighted by Crippen LogP contribution is -2.24. The predicted octanol–water partition coefficient (Wildman–Crippen LogP) is 2.43. The number of rotatable bonds is 6. The first-order chi connectivity index (χ1) is 12.4. The molecule has 0 aliphatic rings. The highest BCUT2D eigenvalue weighted by Gasteiger charge is 2.19. The zero-order chi connectivity index (χ0) is 18.8. The van der Waals surface area contributed by atoms with Crippen LogP contribution in [0.3, 0.4) is 0 Å². The molecule has 0 saturated carbocycles. The minimum absolute atomic E-state index is 0.107. The Labute approximate surface area is 153 Å². The molecular weight excluding hydrogens is 356 g/mol. The Morgan fingerprint density at radius 1 is 1.38 bits per heavy atom. The van der Waals surface area contributed by atoms with E-state index in [1.807, 2.05) is 30.1 Å². The van der Waals surface area contributed by atoms with E-state index in [2.05, 4.69) is 20.5 Å². The smallest absolute Gasteiger partial charge is 0.356 e. The van der Waals surface area contributed by atoms with Crippen molar-refractivity contribution in [1.29, 1.82) is 0 Å². The Balaban J connectivity index is 1.72. The van der Waals surface area contributed by atoms with Gasteiger partial charge in [0.15, 0.2) is 10.8 Å². The molecule has 0 bridgehead atoms. The third-order valence-corrected chi connectivity index (χ3v) is 4.64. The van der Waals surface area contributed by atoms with Gasteiger partial charge in [0.05, 0.1) is 11.4 Å². The number of nitrogens with one attached hydrogen (secondary N) is 1. The molecule has 1 atom stereocenters. The van der Waals surface area contributed by atoms with Gasteiger partial charge in [0.1, 0.15) is 6.04 Å². The van der Waals surface area contributed by atoms with E-state index in [9.17, 15) is 9.59 Å². The topological polar surface area (TPSA) is 115 Å². The Kier molecular flexibility index (Phi) is 4.85. The number of carboxylic acid groups (broad SMARTS) is 1. The number of carbonyl (C=O) groups excluding carboxylic acids is 1. The Morgan fingerprint density at radius 3 is 2.77 bits per heavy atom. The minimum Gasteiger partial charge on any atom is -0.476 e. The summed E-state index contributed by atoms with van der Waals surface area (Å²) in [6.07, 6.45) is 3.39. The first-order valence-corrected chi connectivity index (χ1v) is 8.86. The van der Waals surface area contributed by atoms with E-state index in [1.165, 1.54) is 28.3 Å². The van der Waals surface area contributed by atoms with E-state index in [0.29, 0.717) is 5.13 Å². The van der Waals surface area contributed by atoms with Crippen molar-refractivity contribution in [3.63, 3.8) is 0 Å². The summed E-state index contributed by atoms with van der Waals surface area (Å²) in [7, 11) is 0. The standard InChI is InChI=1S/C16H18N6O3S/c1-4-21-7-11(9(2)19-21)13-8-26-16(17-13)18-14(23)10(3)22-6-5-12(20-22)15(24)25/h5-8,10H,4H2,1-3H3,(H,24,25)(H,17,18,23). The van der Waals surface area contributed by atoms with Crippen LogP contribution < -0.4 is 5.32 Å². The van der Waals surface area contributed by atoms with Crippen molar-refractivity contribution in [2.24, 2.45) is 0 Å². The monoisotopic (exact) mass is 374 g/mol. The second-order valence-corrected chi connectivity index (χ2v) is 6.53. The largest absolute Gasteiger partial charge is 0.476 e. The number of nitrogens with zero attached hydrogens (tertiary/aromatic N) is 5. The molecule has 1 amide bonds. The van der Waals surface area contributed by atoms with Crippen LogP contribution in [0, 0.1) is 6.92 Å². The molecule has 1 unspecified atom stereocenters. The van der Waals surface area contributed by atoms with Crippen molar-refractivity contribution >= 4 is 28.3 Å². The van der Waals surface area contributed by atoms with Gasteiger partial charge in [-0.3, -0.25) is 14.2 Å². The average Bonchev–Trinajstić information content (AvgIpc) is 3.32. The molecule has 3 heterocycles. The molecule has 136 valence electrons. The molecule has 3 rings (SSSR count). The Morgan fingerprint density at radius 2 is 2.15 bits per heavy atom. The summed E-state index contributed by atoms with van der Waals surface area (Å²) in [4.78, 5) is 27.7. The van der Waals surface area contributed by atoms with Crippen molar-refractivity contribution in [2.75, 3.05) is 5.32 Å². The first kappa shape index (κ1) is 17.8. The van der Waals surface area contributed by atoms with Crippen LogP contribution in [0.5, 0.6) is 0 Å². The van der Waals surface area contributed by atoms with Gasteiger partial charge in [0.25, 0.3) is 5.91 Å². The lowest BCUT2D eigenvalue weighted by atomic mass is 10.2. The number of thiazole rings is 1. The van der Waals surface area contributed by atoms with Crippen LogP contribution in [0.2, 0.25) is 0 Å². The number of anilines is 1. The third-order valence-electron chi connectivity index (χ3n) is 3.88. The molecule has 0 aliphatic carbocycles. The fourth-order valence-electron chi connectivity index (χ4n) is 2.38. The molecule has 3 aromatic heterocycles. The number of aromatic nitrogens is 5.